The van der Waals surface area contributed by atoms with Gasteiger partial charge < -0.3 is 9.64 Å². The van der Waals surface area contributed by atoms with Gasteiger partial charge in [-0.3, -0.25) is 5.41 Å². The Hall–Kier alpha value is -0.880. The third kappa shape index (κ3) is 5.55. The molecule has 1 heterocycles. The molecule has 3 nitrogen and oxygen atoms in total. The Balaban J connectivity index is 2.24. The molecule has 25 heavy (non-hydrogen) atoms. The average Bonchev–Trinajstić information content (AvgIpc) is 2.57. The SMILES string of the molecule is CCOC(=N)C(CCCCl)c1cc(N2CCC(F)(F)CC2)ccc1Br. The van der Waals surface area contributed by atoms with Gasteiger partial charge in [-0.2, -0.15) is 0 Å². The van der Waals surface area contributed by atoms with Gasteiger partial charge in [-0.15, -0.1) is 11.6 Å². The van der Waals surface area contributed by atoms with Crippen molar-refractivity contribution in [2.45, 2.75) is 44.4 Å². The third-order valence-electron chi connectivity index (χ3n) is 4.46. The summed E-state index contributed by atoms with van der Waals surface area (Å²) in [6.07, 6.45) is 1.24. The molecule has 0 bridgehead atoms. The molecule has 0 spiro atoms. The van der Waals surface area contributed by atoms with E-state index in [1.54, 1.807) is 0 Å². The van der Waals surface area contributed by atoms with Gasteiger partial charge in [-0.05, 0) is 43.5 Å². The van der Waals surface area contributed by atoms with Crippen LogP contribution in [0.1, 0.15) is 44.1 Å². The fourth-order valence-electron chi connectivity index (χ4n) is 3.05. The maximum Gasteiger partial charge on any atom is 0.251 e. The Morgan fingerprint density at radius 3 is 2.68 bits per heavy atom. The van der Waals surface area contributed by atoms with Gasteiger partial charge >= 0.3 is 0 Å². The molecule has 1 aromatic carbocycles. The summed E-state index contributed by atoms with van der Waals surface area (Å²) >= 11 is 9.39. The molecule has 0 saturated carbocycles. The molecular formula is C18H24BrClF2N2O. The number of ether oxygens (including phenoxy) is 1. The van der Waals surface area contributed by atoms with Gasteiger partial charge in [0.15, 0.2) is 5.90 Å². The van der Waals surface area contributed by atoms with Crippen molar-refractivity contribution in [3.63, 3.8) is 0 Å². The molecule has 1 aliphatic rings. The van der Waals surface area contributed by atoms with E-state index >= 15 is 0 Å². The summed E-state index contributed by atoms with van der Waals surface area (Å²) in [6, 6.07) is 5.84. The van der Waals surface area contributed by atoms with Crippen molar-refractivity contribution in [3.8, 4) is 0 Å². The highest BCUT2D eigenvalue weighted by Crippen LogP contribution is 2.36. The van der Waals surface area contributed by atoms with Crippen LogP contribution in [0.25, 0.3) is 0 Å². The molecule has 1 unspecified atom stereocenters. The molecule has 2 rings (SSSR count). The first-order valence-electron chi connectivity index (χ1n) is 8.57. The number of hydrogen-bond donors (Lipinski definition) is 1. The fourth-order valence-corrected chi connectivity index (χ4v) is 3.73. The minimum atomic E-state index is -2.56. The van der Waals surface area contributed by atoms with Crippen molar-refractivity contribution in [3.05, 3.63) is 28.2 Å². The van der Waals surface area contributed by atoms with Crippen LogP contribution in [0.2, 0.25) is 0 Å². The smallest absolute Gasteiger partial charge is 0.251 e. The van der Waals surface area contributed by atoms with Gasteiger partial charge in [-0.1, -0.05) is 15.9 Å². The van der Waals surface area contributed by atoms with Crippen LogP contribution >= 0.6 is 27.5 Å². The number of nitrogens with one attached hydrogen (secondary N) is 1. The van der Waals surface area contributed by atoms with E-state index in [2.05, 4.69) is 15.9 Å². The molecule has 1 saturated heterocycles. The van der Waals surface area contributed by atoms with Crippen molar-refractivity contribution in [2.24, 2.45) is 0 Å². The molecule has 0 aromatic heterocycles. The van der Waals surface area contributed by atoms with E-state index in [0.29, 0.717) is 32.0 Å². The van der Waals surface area contributed by atoms with Crippen molar-refractivity contribution in [2.75, 3.05) is 30.5 Å². The third-order valence-corrected chi connectivity index (χ3v) is 5.45. The van der Waals surface area contributed by atoms with Crippen LogP contribution < -0.4 is 4.90 Å². The van der Waals surface area contributed by atoms with Crippen LogP contribution in [0.15, 0.2) is 22.7 Å². The van der Waals surface area contributed by atoms with Crippen LogP contribution in [0.5, 0.6) is 0 Å². The minimum absolute atomic E-state index is 0.122. The quantitative estimate of drug-likeness (QED) is 0.332. The maximum atomic E-state index is 13.4. The molecule has 140 valence electrons. The lowest BCUT2D eigenvalue weighted by atomic mass is 9.93. The van der Waals surface area contributed by atoms with E-state index in [4.69, 9.17) is 21.7 Å². The number of rotatable bonds is 7. The molecule has 1 N–H and O–H groups in total. The molecule has 7 heteroatoms. The molecule has 1 atom stereocenters. The lowest BCUT2D eigenvalue weighted by Crippen LogP contribution is -2.39. The topological polar surface area (TPSA) is 36.3 Å². The second-order valence-corrected chi connectivity index (χ2v) is 7.46. The molecule has 1 fully saturated rings. The Kier molecular flexibility index (Phi) is 7.50. The summed E-state index contributed by atoms with van der Waals surface area (Å²) in [5.74, 6) is -2.02. The van der Waals surface area contributed by atoms with Gasteiger partial charge in [0.1, 0.15) is 0 Å². The van der Waals surface area contributed by atoms with Crippen LogP contribution in [0.4, 0.5) is 14.5 Å². The highest BCUT2D eigenvalue weighted by Gasteiger charge is 2.34. The van der Waals surface area contributed by atoms with Gasteiger partial charge in [0, 0.05) is 42.0 Å². The van der Waals surface area contributed by atoms with Crippen LogP contribution in [0.3, 0.4) is 0 Å². The Morgan fingerprint density at radius 2 is 2.08 bits per heavy atom. The number of benzene rings is 1. The highest BCUT2D eigenvalue weighted by atomic mass is 79.9. The lowest BCUT2D eigenvalue weighted by molar-refractivity contribution is -0.0220. The molecule has 0 amide bonds. The number of anilines is 1. The van der Waals surface area contributed by atoms with E-state index in [1.807, 2.05) is 30.0 Å². The summed E-state index contributed by atoms with van der Waals surface area (Å²) in [5, 5.41) is 8.23. The maximum absolute atomic E-state index is 13.4. The predicted molar refractivity (Wildman–Crippen MR) is 103 cm³/mol. The molecule has 1 aliphatic heterocycles. The molecular weight excluding hydrogens is 414 g/mol. The minimum Gasteiger partial charge on any atom is -0.481 e. The zero-order valence-electron chi connectivity index (χ0n) is 14.3. The Labute approximate surface area is 161 Å². The van der Waals surface area contributed by atoms with Crippen molar-refractivity contribution >= 4 is 39.1 Å². The second kappa shape index (κ2) is 9.17. The highest BCUT2D eigenvalue weighted by molar-refractivity contribution is 9.10. The summed E-state index contributed by atoms with van der Waals surface area (Å²) in [7, 11) is 0. The van der Waals surface area contributed by atoms with Crippen LogP contribution in [0, 0.1) is 5.41 Å². The summed E-state index contributed by atoms with van der Waals surface area (Å²) in [6.45, 7) is 2.97. The van der Waals surface area contributed by atoms with E-state index in [1.165, 1.54) is 0 Å². The summed E-state index contributed by atoms with van der Waals surface area (Å²) in [5.41, 5.74) is 1.85. The standard InChI is InChI=1S/C18H24BrClF2N2O/c1-2-25-17(23)14(4-3-9-20)15-12-13(5-6-16(15)19)24-10-7-18(21,22)8-11-24/h5-6,12,14,23H,2-4,7-11H2,1H3. The first-order valence-corrected chi connectivity index (χ1v) is 9.90. The average molecular weight is 438 g/mol. The van der Waals surface area contributed by atoms with E-state index < -0.39 is 5.92 Å². The normalized spacial score (nSPS) is 18.0. The van der Waals surface area contributed by atoms with Crippen LogP contribution in [-0.2, 0) is 4.74 Å². The number of piperidine rings is 1. The number of hydrogen-bond acceptors (Lipinski definition) is 3. The first kappa shape index (κ1) is 20.4. The zero-order valence-corrected chi connectivity index (χ0v) is 16.7. The van der Waals surface area contributed by atoms with Crippen molar-refractivity contribution in [1.29, 1.82) is 5.41 Å². The molecule has 0 radical (unpaired) electrons. The van der Waals surface area contributed by atoms with E-state index in [-0.39, 0.29) is 24.7 Å². The number of alkyl halides is 3. The monoisotopic (exact) mass is 436 g/mol. The van der Waals surface area contributed by atoms with Gasteiger partial charge in [0.05, 0.1) is 12.5 Å². The Bertz CT molecular complexity index is 590. The summed E-state index contributed by atoms with van der Waals surface area (Å²) in [4.78, 5) is 1.98. The van der Waals surface area contributed by atoms with Crippen molar-refractivity contribution in [1.82, 2.24) is 0 Å². The van der Waals surface area contributed by atoms with E-state index in [0.717, 1.165) is 22.1 Å². The number of nitrogens with zero attached hydrogens (tertiary/aromatic N) is 1. The predicted octanol–water partition coefficient (Wildman–Crippen LogP) is 5.80. The van der Waals surface area contributed by atoms with Gasteiger partial charge in [0.25, 0.3) is 5.92 Å². The summed E-state index contributed by atoms with van der Waals surface area (Å²) < 4.78 is 33.1. The van der Waals surface area contributed by atoms with Gasteiger partial charge in [0.2, 0.25) is 0 Å². The van der Waals surface area contributed by atoms with Gasteiger partial charge in [-0.25, -0.2) is 8.78 Å². The van der Waals surface area contributed by atoms with E-state index in [9.17, 15) is 8.78 Å². The zero-order chi connectivity index (χ0) is 18.4. The fraction of sp³-hybridized carbons (Fsp3) is 0.611. The molecule has 0 aliphatic carbocycles. The van der Waals surface area contributed by atoms with Crippen LogP contribution in [-0.4, -0.2) is 37.4 Å². The van der Waals surface area contributed by atoms with Crippen molar-refractivity contribution < 1.29 is 13.5 Å². The Morgan fingerprint density at radius 1 is 1.40 bits per heavy atom. The lowest BCUT2D eigenvalue weighted by Gasteiger charge is -2.34. The largest absolute Gasteiger partial charge is 0.481 e. The first-order chi connectivity index (χ1) is 11.9. The second-order valence-electron chi connectivity index (χ2n) is 6.23. The molecule has 1 aromatic rings. The number of halogens is 4.